The molecule has 4 nitrogen and oxygen atoms in total. The highest BCUT2D eigenvalue weighted by molar-refractivity contribution is 14.1. The van der Waals surface area contributed by atoms with Crippen molar-refractivity contribution >= 4 is 28.3 Å². The highest BCUT2D eigenvalue weighted by atomic mass is 127. The van der Waals surface area contributed by atoms with Crippen molar-refractivity contribution < 1.29 is 19.5 Å². The number of anilines is 1. The molecular weight excluding hydrogens is 388 g/mol. The molecule has 6 heteroatoms. The molecule has 0 heterocycles. The van der Waals surface area contributed by atoms with E-state index in [1.54, 1.807) is 24.3 Å². The summed E-state index contributed by atoms with van der Waals surface area (Å²) in [4.78, 5) is 0. The van der Waals surface area contributed by atoms with Gasteiger partial charge in [-0.3, -0.25) is 10.4 Å². The summed E-state index contributed by atoms with van der Waals surface area (Å²) in [7, 11) is 0. The Morgan fingerprint density at radius 2 is 1.86 bits per heavy atom. The van der Waals surface area contributed by atoms with Crippen molar-refractivity contribution in [3.8, 4) is 5.75 Å². The van der Waals surface area contributed by atoms with Gasteiger partial charge in [0.15, 0.2) is 0 Å². The first-order valence-electron chi connectivity index (χ1n) is 6.34. The molecule has 112 valence electrons. The minimum absolute atomic E-state index is 0.0774. The van der Waals surface area contributed by atoms with Gasteiger partial charge < -0.3 is 4.74 Å². The second-order valence-electron chi connectivity index (χ2n) is 4.45. The Hall–Kier alpha value is -1.38. The van der Waals surface area contributed by atoms with E-state index in [0.717, 1.165) is 5.56 Å². The van der Waals surface area contributed by atoms with Crippen molar-refractivity contribution in [2.45, 2.75) is 13.1 Å². The van der Waals surface area contributed by atoms with Crippen LogP contribution in [0.1, 0.15) is 11.1 Å². The molecule has 0 aliphatic carbocycles. The van der Waals surface area contributed by atoms with Gasteiger partial charge >= 0.3 is 0 Å². The second-order valence-corrected chi connectivity index (χ2v) is 5.62. The smallest absolute Gasteiger partial charge is 0.120 e. The van der Waals surface area contributed by atoms with Crippen molar-refractivity contribution in [3.63, 3.8) is 0 Å². The molecule has 0 bridgehead atoms. The molecule has 0 aliphatic heterocycles. The summed E-state index contributed by atoms with van der Waals surface area (Å²) in [6.45, 7) is 0.000301. The Balaban J connectivity index is 1.92. The van der Waals surface area contributed by atoms with Crippen LogP contribution in [0.3, 0.4) is 0 Å². The Labute approximate surface area is 135 Å². The molecule has 21 heavy (non-hydrogen) atoms. The average Bonchev–Trinajstić information content (AvgIpc) is 2.47. The molecule has 0 saturated carbocycles. The van der Waals surface area contributed by atoms with Crippen LogP contribution in [0.5, 0.6) is 5.75 Å². The number of hydrogen-bond acceptors (Lipinski definition) is 4. The van der Waals surface area contributed by atoms with Crippen molar-refractivity contribution in [2.24, 2.45) is 0 Å². The van der Waals surface area contributed by atoms with Crippen LogP contribution in [0, 0.1) is 3.57 Å². The summed E-state index contributed by atoms with van der Waals surface area (Å²) in [5, 5.41) is 18.0. The minimum atomic E-state index is -0.465. The van der Waals surface area contributed by atoms with E-state index in [9.17, 15) is 4.39 Å². The quantitative estimate of drug-likeness (QED) is 0.566. The van der Waals surface area contributed by atoms with Crippen LogP contribution < -0.4 is 9.96 Å². The van der Waals surface area contributed by atoms with Crippen LogP contribution >= 0.6 is 22.6 Å². The topological polar surface area (TPSA) is 52.9 Å². The van der Waals surface area contributed by atoms with Gasteiger partial charge in [0.25, 0.3) is 0 Å². The summed E-state index contributed by atoms with van der Waals surface area (Å²) in [5.74, 6) is 0.645. The zero-order valence-electron chi connectivity index (χ0n) is 11.2. The van der Waals surface area contributed by atoms with Gasteiger partial charge in [-0.2, -0.15) is 0 Å². The second kappa shape index (κ2) is 7.58. The Bertz CT molecular complexity index is 607. The lowest BCUT2D eigenvalue weighted by atomic mass is 10.1. The number of benzene rings is 2. The summed E-state index contributed by atoms with van der Waals surface area (Å²) in [5.41, 5.74) is 1.98. The number of alkyl halides is 1. The largest absolute Gasteiger partial charge is 0.493 e. The van der Waals surface area contributed by atoms with Gasteiger partial charge in [-0.1, -0.05) is 24.3 Å². The molecule has 2 aromatic carbocycles. The molecule has 0 aromatic heterocycles. The molecule has 0 amide bonds. The first-order valence-corrected chi connectivity index (χ1v) is 7.42. The van der Waals surface area contributed by atoms with Gasteiger partial charge in [-0.25, -0.2) is 4.39 Å². The van der Waals surface area contributed by atoms with E-state index < -0.39 is 6.67 Å². The van der Waals surface area contributed by atoms with Gasteiger partial charge in [0.05, 0.1) is 6.61 Å². The highest BCUT2D eigenvalue weighted by Gasteiger charge is 2.06. The van der Waals surface area contributed by atoms with Crippen LogP contribution in [0.4, 0.5) is 10.1 Å². The van der Waals surface area contributed by atoms with E-state index in [-0.39, 0.29) is 5.23 Å². The van der Waals surface area contributed by atoms with Gasteiger partial charge in [0.1, 0.15) is 18.1 Å². The zero-order valence-corrected chi connectivity index (χ0v) is 13.3. The predicted molar refractivity (Wildman–Crippen MR) is 85.7 cm³/mol. The Morgan fingerprint density at radius 3 is 2.52 bits per heavy atom. The van der Waals surface area contributed by atoms with Crippen LogP contribution in [0.15, 0.2) is 42.5 Å². The lowest BCUT2D eigenvalue weighted by Gasteiger charge is -2.12. The Kier molecular flexibility index (Phi) is 5.77. The molecule has 2 N–H and O–H groups in total. The van der Waals surface area contributed by atoms with Gasteiger partial charge in [0, 0.05) is 9.99 Å². The van der Waals surface area contributed by atoms with E-state index in [1.165, 1.54) is 0 Å². The molecule has 0 spiro atoms. The summed E-state index contributed by atoms with van der Waals surface area (Å²) in [6, 6.07) is 12.3. The van der Waals surface area contributed by atoms with Gasteiger partial charge in [0.2, 0.25) is 0 Å². The van der Waals surface area contributed by atoms with Crippen LogP contribution in [0.2, 0.25) is 0 Å². The van der Waals surface area contributed by atoms with Gasteiger partial charge in [-0.15, -0.1) is 5.23 Å². The monoisotopic (exact) mass is 403 g/mol. The van der Waals surface area contributed by atoms with Gasteiger partial charge in [-0.05, 0) is 51.9 Å². The van der Waals surface area contributed by atoms with Crippen molar-refractivity contribution in [1.29, 1.82) is 0 Å². The van der Waals surface area contributed by atoms with E-state index in [0.29, 0.717) is 33.6 Å². The standard InChI is InChI=1S/C15H15FINO3/c16-10-12-3-1-2-11(8-12)6-7-21-13-4-5-15(18(19)20)14(17)9-13/h1-5,8-9,19-20H,6-7,10H2. The molecule has 0 atom stereocenters. The maximum atomic E-state index is 12.6. The van der Waals surface area contributed by atoms with Crippen LogP contribution in [0.25, 0.3) is 0 Å². The number of rotatable bonds is 6. The van der Waals surface area contributed by atoms with Crippen LogP contribution in [-0.2, 0) is 13.1 Å². The summed E-state index contributed by atoms with van der Waals surface area (Å²) >= 11 is 1.99. The van der Waals surface area contributed by atoms with E-state index in [1.807, 2.05) is 40.8 Å². The van der Waals surface area contributed by atoms with Crippen molar-refractivity contribution in [3.05, 3.63) is 57.2 Å². The molecular formula is C15H15FINO3. The summed E-state index contributed by atoms with van der Waals surface area (Å²) in [6.07, 6.45) is 0.679. The molecule has 0 unspecified atom stereocenters. The number of hydrogen-bond donors (Lipinski definition) is 2. The zero-order chi connectivity index (χ0) is 15.2. The molecule has 0 aliphatic rings. The lowest BCUT2D eigenvalue weighted by Crippen LogP contribution is -2.12. The van der Waals surface area contributed by atoms with E-state index >= 15 is 0 Å². The Morgan fingerprint density at radius 1 is 1.10 bits per heavy atom. The SMILES string of the molecule is ON(O)c1ccc(OCCc2cccc(CF)c2)cc1I. The molecule has 2 rings (SSSR count). The predicted octanol–water partition coefficient (Wildman–Crippen LogP) is 3.97. The minimum Gasteiger partial charge on any atom is -0.493 e. The van der Waals surface area contributed by atoms with Crippen LogP contribution in [-0.4, -0.2) is 17.0 Å². The maximum absolute atomic E-state index is 12.6. The molecule has 0 saturated heterocycles. The highest BCUT2D eigenvalue weighted by Crippen LogP contribution is 2.25. The summed E-state index contributed by atoms with van der Waals surface area (Å²) < 4.78 is 18.8. The molecule has 0 fully saturated rings. The molecule has 0 radical (unpaired) electrons. The molecule has 2 aromatic rings. The fraction of sp³-hybridized carbons (Fsp3) is 0.200. The average molecular weight is 403 g/mol. The third-order valence-electron chi connectivity index (χ3n) is 2.94. The number of ether oxygens (including phenoxy) is 1. The third-order valence-corrected chi connectivity index (χ3v) is 3.80. The van der Waals surface area contributed by atoms with Crippen molar-refractivity contribution in [2.75, 3.05) is 11.8 Å². The normalized spacial score (nSPS) is 10.5. The maximum Gasteiger partial charge on any atom is 0.120 e. The third kappa shape index (κ3) is 4.55. The van der Waals surface area contributed by atoms with E-state index in [2.05, 4.69) is 0 Å². The number of nitrogens with zero attached hydrogens (tertiary/aromatic N) is 1. The number of halogens is 2. The lowest BCUT2D eigenvalue weighted by molar-refractivity contribution is 0.0287. The van der Waals surface area contributed by atoms with Crippen molar-refractivity contribution in [1.82, 2.24) is 0 Å². The fourth-order valence-electron chi connectivity index (χ4n) is 1.89. The first-order chi connectivity index (χ1) is 10.1. The first kappa shape index (κ1) is 16.0. The van der Waals surface area contributed by atoms with E-state index in [4.69, 9.17) is 15.2 Å². The fourth-order valence-corrected chi connectivity index (χ4v) is 2.60.